The van der Waals surface area contributed by atoms with Crippen molar-refractivity contribution in [2.75, 3.05) is 0 Å². The highest BCUT2D eigenvalue weighted by molar-refractivity contribution is 6.00. The van der Waals surface area contributed by atoms with Gasteiger partial charge in [0.15, 0.2) is 0 Å². The second kappa shape index (κ2) is 5.58. The van der Waals surface area contributed by atoms with Crippen LogP contribution in [0.5, 0.6) is 0 Å². The smallest absolute Gasteiger partial charge is 0.230 e. The first-order valence-electron chi connectivity index (χ1n) is 7.66. The van der Waals surface area contributed by atoms with E-state index >= 15 is 0 Å². The van der Waals surface area contributed by atoms with Crippen LogP contribution < -0.4 is 5.32 Å². The standard InChI is InChI=1S/C17H20FNO2/c1-10-6-7-14(18)12(8-10)13-9-15(20)19-17(21)16(13)11-4-2-3-5-11/h6-8,11,13,16H,2-5,9H2,1H3,(H,19,20,21). The van der Waals surface area contributed by atoms with Crippen molar-refractivity contribution in [3.63, 3.8) is 0 Å². The lowest BCUT2D eigenvalue weighted by Gasteiger charge is -2.34. The molecule has 2 fully saturated rings. The number of rotatable bonds is 2. The topological polar surface area (TPSA) is 46.2 Å². The molecule has 2 atom stereocenters. The van der Waals surface area contributed by atoms with Gasteiger partial charge in [-0.15, -0.1) is 0 Å². The van der Waals surface area contributed by atoms with E-state index in [4.69, 9.17) is 0 Å². The molecule has 2 aliphatic rings. The van der Waals surface area contributed by atoms with Crippen LogP contribution in [-0.2, 0) is 9.59 Å². The number of hydrogen-bond donors (Lipinski definition) is 1. The van der Waals surface area contributed by atoms with Crippen molar-refractivity contribution in [1.29, 1.82) is 0 Å². The fourth-order valence-corrected chi connectivity index (χ4v) is 3.89. The first-order valence-corrected chi connectivity index (χ1v) is 7.66. The molecular weight excluding hydrogens is 269 g/mol. The summed E-state index contributed by atoms with van der Waals surface area (Å²) in [6.07, 6.45) is 4.43. The first-order chi connectivity index (χ1) is 10.1. The van der Waals surface area contributed by atoms with E-state index in [1.54, 1.807) is 12.1 Å². The van der Waals surface area contributed by atoms with E-state index in [0.717, 1.165) is 31.2 Å². The predicted molar refractivity (Wildman–Crippen MR) is 77.1 cm³/mol. The average Bonchev–Trinajstić information content (AvgIpc) is 2.94. The zero-order valence-electron chi connectivity index (χ0n) is 12.2. The molecule has 3 nitrogen and oxygen atoms in total. The van der Waals surface area contributed by atoms with Crippen LogP contribution >= 0.6 is 0 Å². The molecule has 0 bridgehead atoms. The van der Waals surface area contributed by atoms with E-state index in [-0.39, 0.29) is 41.8 Å². The number of piperidine rings is 1. The number of nitrogens with one attached hydrogen (secondary N) is 1. The van der Waals surface area contributed by atoms with E-state index < -0.39 is 0 Å². The summed E-state index contributed by atoms with van der Waals surface area (Å²) < 4.78 is 14.2. The fraction of sp³-hybridized carbons (Fsp3) is 0.529. The minimum absolute atomic E-state index is 0.202. The molecule has 21 heavy (non-hydrogen) atoms. The summed E-state index contributed by atoms with van der Waals surface area (Å²) in [5.74, 6) is -1.15. The Balaban J connectivity index is 2.00. The van der Waals surface area contributed by atoms with Crippen LogP contribution in [0.2, 0.25) is 0 Å². The van der Waals surface area contributed by atoms with Gasteiger partial charge < -0.3 is 0 Å². The number of amides is 2. The van der Waals surface area contributed by atoms with Gasteiger partial charge in [-0.1, -0.05) is 30.5 Å². The number of carbonyl (C=O) groups is 2. The Labute approximate surface area is 123 Å². The highest BCUT2D eigenvalue weighted by atomic mass is 19.1. The quantitative estimate of drug-likeness (QED) is 0.850. The van der Waals surface area contributed by atoms with Gasteiger partial charge in [0.25, 0.3) is 0 Å². The van der Waals surface area contributed by atoms with Gasteiger partial charge in [0, 0.05) is 18.3 Å². The Morgan fingerprint density at radius 1 is 1.19 bits per heavy atom. The predicted octanol–water partition coefficient (Wildman–Crippen LogP) is 3.07. The van der Waals surface area contributed by atoms with Crippen molar-refractivity contribution in [3.8, 4) is 0 Å². The second-order valence-electron chi connectivity index (χ2n) is 6.32. The van der Waals surface area contributed by atoms with Crippen LogP contribution in [0.3, 0.4) is 0 Å². The summed E-state index contributed by atoms with van der Waals surface area (Å²) >= 11 is 0. The van der Waals surface area contributed by atoms with E-state index in [9.17, 15) is 14.0 Å². The molecule has 1 saturated heterocycles. The highest BCUT2D eigenvalue weighted by Crippen LogP contribution is 2.43. The number of halogens is 1. The molecule has 0 radical (unpaired) electrons. The maximum atomic E-state index is 14.2. The third-order valence-electron chi connectivity index (χ3n) is 4.86. The molecule has 1 N–H and O–H groups in total. The number of benzene rings is 1. The van der Waals surface area contributed by atoms with Crippen molar-refractivity contribution in [2.45, 2.75) is 44.9 Å². The molecule has 1 aliphatic heterocycles. The summed E-state index contributed by atoms with van der Waals surface area (Å²) in [5.41, 5.74) is 1.48. The minimum atomic E-state index is -0.325. The van der Waals surface area contributed by atoms with Gasteiger partial charge in [-0.2, -0.15) is 0 Å². The Kier molecular flexibility index (Phi) is 3.79. The zero-order chi connectivity index (χ0) is 15.0. The molecule has 0 spiro atoms. The molecule has 4 heteroatoms. The lowest BCUT2D eigenvalue weighted by molar-refractivity contribution is -0.138. The minimum Gasteiger partial charge on any atom is -0.296 e. The second-order valence-corrected chi connectivity index (χ2v) is 6.32. The van der Waals surface area contributed by atoms with Crippen LogP contribution in [-0.4, -0.2) is 11.8 Å². The van der Waals surface area contributed by atoms with Gasteiger partial charge in [-0.3, -0.25) is 14.9 Å². The molecule has 2 unspecified atom stereocenters. The van der Waals surface area contributed by atoms with Crippen molar-refractivity contribution >= 4 is 11.8 Å². The zero-order valence-corrected chi connectivity index (χ0v) is 12.2. The highest BCUT2D eigenvalue weighted by Gasteiger charge is 2.43. The molecule has 0 aromatic heterocycles. The van der Waals surface area contributed by atoms with Crippen molar-refractivity contribution < 1.29 is 14.0 Å². The monoisotopic (exact) mass is 289 g/mol. The lowest BCUT2D eigenvalue weighted by atomic mass is 9.72. The summed E-state index contributed by atoms with van der Waals surface area (Å²) in [4.78, 5) is 24.1. The summed E-state index contributed by atoms with van der Waals surface area (Å²) in [6.45, 7) is 1.90. The van der Waals surface area contributed by atoms with Gasteiger partial charge in [0.05, 0.1) is 0 Å². The van der Waals surface area contributed by atoms with Crippen LogP contribution in [0.15, 0.2) is 18.2 Å². The number of aryl methyl sites for hydroxylation is 1. The van der Waals surface area contributed by atoms with Crippen molar-refractivity contribution in [2.24, 2.45) is 11.8 Å². The molecule has 1 aromatic carbocycles. The number of carbonyl (C=O) groups excluding carboxylic acids is 2. The maximum Gasteiger partial charge on any atom is 0.230 e. The molecule has 112 valence electrons. The van der Waals surface area contributed by atoms with Crippen LogP contribution in [0.1, 0.15) is 49.1 Å². The van der Waals surface area contributed by atoms with Crippen molar-refractivity contribution in [3.05, 3.63) is 35.1 Å². The van der Waals surface area contributed by atoms with Gasteiger partial charge in [-0.05, 0) is 37.3 Å². The Morgan fingerprint density at radius 3 is 2.62 bits per heavy atom. The van der Waals surface area contributed by atoms with Gasteiger partial charge >= 0.3 is 0 Å². The fourth-order valence-electron chi connectivity index (χ4n) is 3.89. The summed E-state index contributed by atoms with van der Waals surface area (Å²) in [5, 5.41) is 2.44. The molecule has 1 heterocycles. The Morgan fingerprint density at radius 2 is 1.90 bits per heavy atom. The number of hydrogen-bond acceptors (Lipinski definition) is 2. The average molecular weight is 289 g/mol. The van der Waals surface area contributed by atoms with Gasteiger partial charge in [0.1, 0.15) is 5.82 Å². The van der Waals surface area contributed by atoms with Crippen molar-refractivity contribution in [1.82, 2.24) is 5.32 Å². The molecule has 2 amide bonds. The Hall–Kier alpha value is -1.71. The first kappa shape index (κ1) is 14.2. The van der Waals surface area contributed by atoms with E-state index in [1.165, 1.54) is 6.07 Å². The normalized spacial score (nSPS) is 27.0. The van der Waals surface area contributed by atoms with Crippen LogP contribution in [0.4, 0.5) is 4.39 Å². The van der Waals surface area contributed by atoms with E-state index in [1.807, 2.05) is 6.92 Å². The SMILES string of the molecule is Cc1ccc(F)c(C2CC(=O)NC(=O)C2C2CCCC2)c1. The summed E-state index contributed by atoms with van der Waals surface area (Å²) in [7, 11) is 0. The largest absolute Gasteiger partial charge is 0.296 e. The third kappa shape index (κ3) is 2.71. The van der Waals surface area contributed by atoms with Crippen LogP contribution in [0.25, 0.3) is 0 Å². The van der Waals surface area contributed by atoms with E-state index in [2.05, 4.69) is 5.32 Å². The van der Waals surface area contributed by atoms with Gasteiger partial charge in [-0.25, -0.2) is 4.39 Å². The number of imide groups is 1. The van der Waals surface area contributed by atoms with Crippen LogP contribution in [0, 0.1) is 24.6 Å². The lowest BCUT2D eigenvalue weighted by Crippen LogP contribution is -2.47. The molecule has 1 saturated carbocycles. The Bertz CT molecular complexity index is 578. The summed E-state index contributed by atoms with van der Waals surface area (Å²) in [6, 6.07) is 4.94. The molecule has 1 aromatic rings. The maximum absolute atomic E-state index is 14.2. The molecule has 3 rings (SSSR count). The molecular formula is C17H20FNO2. The van der Waals surface area contributed by atoms with E-state index in [0.29, 0.717) is 5.56 Å². The van der Waals surface area contributed by atoms with Gasteiger partial charge in [0.2, 0.25) is 11.8 Å². The molecule has 1 aliphatic carbocycles. The third-order valence-corrected chi connectivity index (χ3v) is 4.86.